The van der Waals surface area contributed by atoms with Crippen LogP contribution in [0.5, 0.6) is 5.75 Å². The lowest BCUT2D eigenvalue weighted by molar-refractivity contribution is -0.138. The molecule has 0 aliphatic carbocycles. The van der Waals surface area contributed by atoms with Gasteiger partial charge in [0, 0.05) is 13.0 Å². The van der Waals surface area contributed by atoms with Crippen LogP contribution in [0.3, 0.4) is 0 Å². The molecule has 10 heteroatoms. The van der Waals surface area contributed by atoms with Crippen LogP contribution in [0.1, 0.15) is 22.4 Å². The number of pyridine rings is 1. The van der Waals surface area contributed by atoms with Crippen LogP contribution in [-0.2, 0) is 23.9 Å². The molecule has 1 unspecified atom stereocenters. The topological polar surface area (TPSA) is 69.5 Å². The molecule has 3 heterocycles. The number of nitriles is 1. The molecule has 4 rings (SSSR count). The second-order valence-electron chi connectivity index (χ2n) is 6.64. The monoisotopic (exact) mass is 418 g/mol. The molecule has 1 aromatic heterocycles. The van der Waals surface area contributed by atoms with Gasteiger partial charge in [0.1, 0.15) is 17.9 Å². The first kappa shape index (κ1) is 19.1. The zero-order chi connectivity index (χ0) is 20.9. The molecule has 6 nitrogen and oxygen atoms in total. The predicted octanol–water partition coefficient (Wildman–Crippen LogP) is 3.04. The summed E-state index contributed by atoms with van der Waals surface area (Å²) in [6, 6.07) is 7.08. The number of methoxy groups -OCH3 is 1. The standard InChI is InChI=1S/C19H13F3N4O2S/c1-28-13-3-2-10-5-16-17(27)26(18(29)25(16)9-11(10)4-13)12-6-14(19(20,21)22)15(7-23)24-8-12/h2-4,6,8,16H,5,9H2,1H3. The number of rotatable bonds is 2. The van der Waals surface area contributed by atoms with Crippen molar-refractivity contribution in [3.05, 3.63) is 52.8 Å². The second kappa shape index (κ2) is 6.70. The number of ether oxygens (including phenoxy) is 1. The van der Waals surface area contributed by atoms with Crippen LogP contribution in [0.4, 0.5) is 18.9 Å². The number of hydrogen-bond donors (Lipinski definition) is 0. The summed E-state index contributed by atoms with van der Waals surface area (Å²) in [5.74, 6) is 0.248. The zero-order valence-electron chi connectivity index (χ0n) is 15.0. The summed E-state index contributed by atoms with van der Waals surface area (Å²) in [6.07, 6.45) is -3.34. The molecule has 2 aromatic rings. The van der Waals surface area contributed by atoms with Crippen LogP contribution in [0, 0.1) is 11.3 Å². The fourth-order valence-electron chi connectivity index (χ4n) is 3.60. The molecule has 29 heavy (non-hydrogen) atoms. The number of hydrogen-bond acceptors (Lipinski definition) is 5. The molecule has 1 aromatic carbocycles. The largest absolute Gasteiger partial charge is 0.497 e. The van der Waals surface area contributed by atoms with Crippen molar-refractivity contribution >= 4 is 28.9 Å². The Morgan fingerprint density at radius 2 is 2.07 bits per heavy atom. The van der Waals surface area contributed by atoms with Crippen molar-refractivity contribution in [2.45, 2.75) is 25.2 Å². The third-order valence-electron chi connectivity index (χ3n) is 5.03. The van der Waals surface area contributed by atoms with Crippen molar-refractivity contribution in [1.29, 1.82) is 5.26 Å². The van der Waals surface area contributed by atoms with Gasteiger partial charge in [-0.05, 0) is 41.5 Å². The van der Waals surface area contributed by atoms with Crippen molar-refractivity contribution < 1.29 is 22.7 Å². The van der Waals surface area contributed by atoms with Gasteiger partial charge in [0.05, 0.1) is 24.6 Å². The van der Waals surface area contributed by atoms with Crippen LogP contribution in [0.2, 0.25) is 0 Å². The molecule has 2 aliphatic rings. The van der Waals surface area contributed by atoms with Gasteiger partial charge in [-0.1, -0.05) is 6.07 Å². The first-order chi connectivity index (χ1) is 13.7. The minimum absolute atomic E-state index is 0.105. The lowest BCUT2D eigenvalue weighted by Crippen LogP contribution is -2.39. The van der Waals surface area contributed by atoms with E-state index in [-0.39, 0.29) is 10.8 Å². The van der Waals surface area contributed by atoms with E-state index in [9.17, 15) is 18.0 Å². The number of benzene rings is 1. The van der Waals surface area contributed by atoms with Crippen LogP contribution < -0.4 is 9.64 Å². The fraction of sp³-hybridized carbons (Fsp3) is 0.263. The van der Waals surface area contributed by atoms with E-state index < -0.39 is 29.4 Å². The minimum atomic E-state index is -4.78. The maximum atomic E-state index is 13.3. The van der Waals surface area contributed by atoms with E-state index in [1.807, 2.05) is 12.1 Å². The number of amides is 1. The summed E-state index contributed by atoms with van der Waals surface area (Å²) < 4.78 is 45.1. The average Bonchev–Trinajstić information content (AvgIpc) is 2.94. The Balaban J connectivity index is 1.71. The Hall–Kier alpha value is -3.19. The molecule has 0 saturated carbocycles. The van der Waals surface area contributed by atoms with E-state index in [1.54, 1.807) is 18.1 Å². The van der Waals surface area contributed by atoms with E-state index in [4.69, 9.17) is 22.2 Å². The van der Waals surface area contributed by atoms with Crippen LogP contribution in [0.25, 0.3) is 0 Å². The van der Waals surface area contributed by atoms with E-state index in [0.717, 1.165) is 28.3 Å². The fourth-order valence-corrected chi connectivity index (χ4v) is 3.99. The number of aromatic nitrogens is 1. The van der Waals surface area contributed by atoms with Crippen LogP contribution >= 0.6 is 12.2 Å². The zero-order valence-corrected chi connectivity index (χ0v) is 15.8. The highest BCUT2D eigenvalue weighted by atomic mass is 32.1. The summed E-state index contributed by atoms with van der Waals surface area (Å²) in [6.45, 7) is 0.341. The quantitative estimate of drug-likeness (QED) is 0.699. The summed E-state index contributed by atoms with van der Waals surface area (Å²) in [4.78, 5) is 19.3. The lowest BCUT2D eigenvalue weighted by Gasteiger charge is -2.30. The molecule has 148 valence electrons. The molecule has 0 spiro atoms. The number of nitrogens with zero attached hydrogens (tertiary/aromatic N) is 4. The molecular weight excluding hydrogens is 405 g/mol. The number of carbonyl (C=O) groups excluding carboxylic acids is 1. The third kappa shape index (κ3) is 3.07. The number of alkyl halides is 3. The van der Waals surface area contributed by atoms with Crippen molar-refractivity contribution in [1.82, 2.24) is 9.88 Å². The highest BCUT2D eigenvalue weighted by Crippen LogP contribution is 2.37. The Kier molecular flexibility index (Phi) is 4.42. The molecular formula is C19H13F3N4O2S. The first-order valence-electron chi connectivity index (χ1n) is 8.52. The van der Waals surface area contributed by atoms with Gasteiger partial charge in [-0.15, -0.1) is 0 Å². The predicted molar refractivity (Wildman–Crippen MR) is 100 cm³/mol. The second-order valence-corrected chi connectivity index (χ2v) is 7.00. The minimum Gasteiger partial charge on any atom is -0.497 e. The summed E-state index contributed by atoms with van der Waals surface area (Å²) in [7, 11) is 1.55. The summed E-state index contributed by atoms with van der Waals surface area (Å²) >= 11 is 5.41. The van der Waals surface area contributed by atoms with Crippen LogP contribution in [-0.4, -0.2) is 34.1 Å². The van der Waals surface area contributed by atoms with Crippen molar-refractivity contribution in [3.63, 3.8) is 0 Å². The van der Waals surface area contributed by atoms with Gasteiger partial charge < -0.3 is 9.64 Å². The lowest BCUT2D eigenvalue weighted by atomic mass is 9.94. The van der Waals surface area contributed by atoms with Crippen molar-refractivity contribution in [2.75, 3.05) is 12.0 Å². The Morgan fingerprint density at radius 1 is 1.31 bits per heavy atom. The van der Waals surface area contributed by atoms with Gasteiger partial charge >= 0.3 is 6.18 Å². The number of carbonyl (C=O) groups is 1. The maximum Gasteiger partial charge on any atom is 0.419 e. The average molecular weight is 418 g/mol. The highest BCUT2D eigenvalue weighted by Gasteiger charge is 2.46. The molecule has 1 fully saturated rings. The molecule has 0 radical (unpaired) electrons. The van der Waals surface area contributed by atoms with Gasteiger partial charge in [0.25, 0.3) is 5.91 Å². The smallest absolute Gasteiger partial charge is 0.419 e. The van der Waals surface area contributed by atoms with E-state index in [1.165, 1.54) is 6.07 Å². The molecule has 1 saturated heterocycles. The number of thiocarbonyl (C=S) groups is 1. The Morgan fingerprint density at radius 3 is 2.72 bits per heavy atom. The van der Waals surface area contributed by atoms with Gasteiger partial charge in [-0.3, -0.25) is 9.69 Å². The van der Waals surface area contributed by atoms with Gasteiger partial charge in [-0.2, -0.15) is 18.4 Å². The maximum absolute atomic E-state index is 13.3. The van der Waals surface area contributed by atoms with E-state index in [0.29, 0.717) is 18.7 Å². The van der Waals surface area contributed by atoms with Gasteiger partial charge in [0.15, 0.2) is 10.8 Å². The Labute approximate surface area is 169 Å². The summed E-state index contributed by atoms with van der Waals surface area (Å²) in [5, 5.41) is 9.02. The van der Waals surface area contributed by atoms with Crippen molar-refractivity contribution in [2.24, 2.45) is 0 Å². The number of anilines is 1. The van der Waals surface area contributed by atoms with Gasteiger partial charge in [-0.25, -0.2) is 4.98 Å². The molecule has 2 aliphatic heterocycles. The first-order valence-corrected chi connectivity index (χ1v) is 8.93. The normalized spacial score (nSPS) is 18.4. The van der Waals surface area contributed by atoms with E-state index in [2.05, 4.69) is 4.98 Å². The molecule has 1 atom stereocenters. The highest BCUT2D eigenvalue weighted by molar-refractivity contribution is 7.80. The van der Waals surface area contributed by atoms with E-state index >= 15 is 0 Å². The van der Waals surface area contributed by atoms with Crippen molar-refractivity contribution in [3.8, 4) is 11.8 Å². The van der Waals surface area contributed by atoms with Crippen LogP contribution in [0.15, 0.2) is 30.5 Å². The SMILES string of the molecule is COc1ccc2c(c1)CN1C(=S)N(c3cnc(C#N)c(C(F)(F)F)c3)C(=O)C1C2. The Bertz CT molecular complexity index is 1080. The molecule has 1 amide bonds. The number of halogens is 3. The number of fused-ring (bicyclic) bond motifs is 2. The molecule has 0 bridgehead atoms. The molecule has 0 N–H and O–H groups in total. The summed E-state index contributed by atoms with van der Waals surface area (Å²) in [5.41, 5.74) is -0.171. The van der Waals surface area contributed by atoms with Gasteiger partial charge in [0.2, 0.25) is 0 Å². The third-order valence-corrected chi connectivity index (χ3v) is 5.45.